The van der Waals surface area contributed by atoms with E-state index in [-0.39, 0.29) is 5.91 Å². The highest BCUT2D eigenvalue weighted by Gasteiger charge is 2.11. The Morgan fingerprint density at radius 2 is 1.92 bits per heavy atom. The van der Waals surface area contributed by atoms with Crippen LogP contribution < -0.4 is 5.32 Å². The molecule has 0 aliphatic carbocycles. The van der Waals surface area contributed by atoms with E-state index < -0.39 is 0 Å². The number of nitrogens with one attached hydrogen (secondary N) is 1. The Kier molecular flexibility index (Phi) is 5.56. The fourth-order valence-electron chi connectivity index (χ4n) is 2.63. The molecule has 4 nitrogen and oxygen atoms in total. The lowest BCUT2D eigenvalue weighted by Gasteiger charge is -2.13. The highest BCUT2D eigenvalue weighted by atomic mass is 32.1. The van der Waals surface area contributed by atoms with E-state index in [1.165, 1.54) is 0 Å². The molecule has 3 aromatic rings. The molecule has 25 heavy (non-hydrogen) atoms. The van der Waals surface area contributed by atoms with E-state index in [0.717, 1.165) is 27.5 Å². The zero-order valence-corrected chi connectivity index (χ0v) is 15.2. The van der Waals surface area contributed by atoms with Gasteiger partial charge in [0.15, 0.2) is 0 Å². The average molecular weight is 351 g/mol. The summed E-state index contributed by atoms with van der Waals surface area (Å²) in [5.41, 5.74) is 4.05. The fourth-order valence-corrected chi connectivity index (χ4v) is 3.44. The highest BCUT2D eigenvalue weighted by molar-refractivity contribution is 7.09. The molecule has 128 valence electrons. The van der Waals surface area contributed by atoms with E-state index >= 15 is 0 Å². The number of nitrogens with zero attached hydrogens (tertiary/aromatic N) is 2. The molecule has 0 aliphatic heterocycles. The van der Waals surface area contributed by atoms with Gasteiger partial charge in [-0.3, -0.25) is 9.78 Å². The van der Waals surface area contributed by atoms with Gasteiger partial charge in [-0.1, -0.05) is 32.0 Å². The molecule has 0 aliphatic rings. The SMILES string of the molecule is CC(C)c1ccccc1NC(=O)CCc1nc(-c2ccncc2)cs1. The van der Waals surface area contributed by atoms with Crippen molar-refractivity contribution < 1.29 is 4.79 Å². The van der Waals surface area contributed by atoms with Crippen molar-refractivity contribution in [1.82, 2.24) is 9.97 Å². The molecule has 2 heterocycles. The van der Waals surface area contributed by atoms with E-state index in [0.29, 0.717) is 18.8 Å². The second kappa shape index (κ2) is 8.03. The molecular weight excluding hydrogens is 330 g/mol. The summed E-state index contributed by atoms with van der Waals surface area (Å²) in [6.07, 6.45) is 4.59. The summed E-state index contributed by atoms with van der Waals surface area (Å²) in [6, 6.07) is 11.8. The van der Waals surface area contributed by atoms with Crippen LogP contribution in [0.15, 0.2) is 54.2 Å². The maximum atomic E-state index is 12.3. The first kappa shape index (κ1) is 17.3. The van der Waals surface area contributed by atoms with E-state index in [2.05, 4.69) is 35.2 Å². The number of thiazole rings is 1. The van der Waals surface area contributed by atoms with Crippen molar-refractivity contribution in [3.05, 3.63) is 64.7 Å². The number of pyridine rings is 1. The van der Waals surface area contributed by atoms with Gasteiger partial charge in [0.2, 0.25) is 5.91 Å². The third-order valence-corrected chi connectivity index (χ3v) is 4.86. The number of anilines is 1. The van der Waals surface area contributed by atoms with Crippen molar-refractivity contribution in [3.8, 4) is 11.3 Å². The maximum absolute atomic E-state index is 12.3. The Balaban J connectivity index is 1.59. The van der Waals surface area contributed by atoms with Gasteiger partial charge in [-0.15, -0.1) is 11.3 Å². The zero-order valence-electron chi connectivity index (χ0n) is 14.4. The number of amides is 1. The first-order valence-corrected chi connectivity index (χ1v) is 9.25. The van der Waals surface area contributed by atoms with Gasteiger partial charge in [-0.2, -0.15) is 0 Å². The topological polar surface area (TPSA) is 54.9 Å². The summed E-state index contributed by atoms with van der Waals surface area (Å²) in [5.74, 6) is 0.396. The van der Waals surface area contributed by atoms with Gasteiger partial charge in [-0.25, -0.2) is 4.98 Å². The van der Waals surface area contributed by atoms with Gasteiger partial charge in [0.1, 0.15) is 0 Å². The van der Waals surface area contributed by atoms with E-state index in [4.69, 9.17) is 0 Å². The van der Waals surface area contributed by atoms with Gasteiger partial charge < -0.3 is 5.32 Å². The van der Waals surface area contributed by atoms with Crippen molar-refractivity contribution in [2.45, 2.75) is 32.6 Å². The summed E-state index contributed by atoms with van der Waals surface area (Å²) in [4.78, 5) is 20.9. The largest absolute Gasteiger partial charge is 0.326 e. The van der Waals surface area contributed by atoms with Crippen molar-refractivity contribution in [2.24, 2.45) is 0 Å². The summed E-state index contributed by atoms with van der Waals surface area (Å²) >= 11 is 1.59. The molecule has 0 spiro atoms. The summed E-state index contributed by atoms with van der Waals surface area (Å²) in [7, 11) is 0. The molecule has 0 unspecified atom stereocenters. The maximum Gasteiger partial charge on any atom is 0.224 e. The average Bonchev–Trinajstić information content (AvgIpc) is 3.10. The Hall–Kier alpha value is -2.53. The molecule has 5 heteroatoms. The van der Waals surface area contributed by atoms with Gasteiger partial charge in [-0.05, 0) is 29.7 Å². The smallest absolute Gasteiger partial charge is 0.224 e. The molecule has 0 atom stereocenters. The lowest BCUT2D eigenvalue weighted by molar-refractivity contribution is -0.116. The zero-order chi connectivity index (χ0) is 17.6. The van der Waals surface area contributed by atoms with E-state index in [1.807, 2.05) is 35.7 Å². The van der Waals surface area contributed by atoms with Gasteiger partial charge in [0.25, 0.3) is 0 Å². The summed E-state index contributed by atoms with van der Waals surface area (Å²) < 4.78 is 0. The number of para-hydroxylation sites is 1. The van der Waals surface area contributed by atoms with Gasteiger partial charge >= 0.3 is 0 Å². The van der Waals surface area contributed by atoms with Crippen molar-refractivity contribution in [1.29, 1.82) is 0 Å². The first-order chi connectivity index (χ1) is 12.1. The fraction of sp³-hybridized carbons (Fsp3) is 0.250. The Bertz CT molecular complexity index is 843. The standard InChI is InChI=1S/C20H21N3OS/c1-14(2)16-5-3-4-6-17(16)22-19(24)7-8-20-23-18(13-25-20)15-9-11-21-12-10-15/h3-6,9-14H,7-8H2,1-2H3,(H,22,24). The Labute approximate surface area is 152 Å². The molecule has 1 amide bonds. The number of hydrogen-bond donors (Lipinski definition) is 1. The van der Waals surface area contributed by atoms with Crippen LogP contribution in [-0.2, 0) is 11.2 Å². The minimum absolute atomic E-state index is 0.0220. The molecule has 1 N–H and O–H groups in total. The van der Waals surface area contributed by atoms with E-state index in [1.54, 1.807) is 23.7 Å². The van der Waals surface area contributed by atoms with Crippen LogP contribution in [0.4, 0.5) is 5.69 Å². The Morgan fingerprint density at radius 3 is 2.68 bits per heavy atom. The minimum Gasteiger partial charge on any atom is -0.326 e. The van der Waals surface area contributed by atoms with Crippen LogP contribution in [0.2, 0.25) is 0 Å². The van der Waals surface area contributed by atoms with Crippen LogP contribution >= 0.6 is 11.3 Å². The predicted molar refractivity (Wildman–Crippen MR) is 103 cm³/mol. The number of carbonyl (C=O) groups is 1. The van der Waals surface area contributed by atoms with Crippen molar-refractivity contribution in [3.63, 3.8) is 0 Å². The number of benzene rings is 1. The number of carbonyl (C=O) groups excluding carboxylic acids is 1. The number of hydrogen-bond acceptors (Lipinski definition) is 4. The molecule has 1 aromatic carbocycles. The molecule has 0 fully saturated rings. The molecule has 0 saturated heterocycles. The number of aromatic nitrogens is 2. The summed E-state index contributed by atoms with van der Waals surface area (Å²) in [6.45, 7) is 4.25. The third kappa shape index (κ3) is 4.51. The van der Waals surface area contributed by atoms with Crippen LogP contribution in [0.5, 0.6) is 0 Å². The van der Waals surface area contributed by atoms with Crippen LogP contribution in [0.1, 0.15) is 36.8 Å². The number of aryl methyl sites for hydroxylation is 1. The molecule has 0 saturated carbocycles. The van der Waals surface area contributed by atoms with Crippen LogP contribution in [0.25, 0.3) is 11.3 Å². The predicted octanol–water partition coefficient (Wildman–Crippen LogP) is 4.90. The number of rotatable bonds is 6. The summed E-state index contributed by atoms with van der Waals surface area (Å²) in [5, 5.41) is 6.03. The lowest BCUT2D eigenvalue weighted by atomic mass is 10.0. The molecule has 0 bridgehead atoms. The van der Waals surface area contributed by atoms with Gasteiger partial charge in [0, 0.05) is 41.9 Å². The lowest BCUT2D eigenvalue weighted by Crippen LogP contribution is -2.14. The second-order valence-electron chi connectivity index (χ2n) is 6.15. The molecular formula is C20H21N3OS. The quantitative estimate of drug-likeness (QED) is 0.687. The minimum atomic E-state index is 0.0220. The molecule has 2 aromatic heterocycles. The van der Waals surface area contributed by atoms with E-state index in [9.17, 15) is 4.79 Å². The van der Waals surface area contributed by atoms with Crippen molar-refractivity contribution in [2.75, 3.05) is 5.32 Å². The monoisotopic (exact) mass is 351 g/mol. The highest BCUT2D eigenvalue weighted by Crippen LogP contribution is 2.24. The normalized spacial score (nSPS) is 10.8. The van der Waals surface area contributed by atoms with Crippen molar-refractivity contribution >= 4 is 22.9 Å². The first-order valence-electron chi connectivity index (χ1n) is 8.37. The third-order valence-electron chi connectivity index (χ3n) is 3.95. The van der Waals surface area contributed by atoms with Gasteiger partial charge in [0.05, 0.1) is 10.7 Å². The molecule has 3 rings (SSSR count). The Morgan fingerprint density at radius 1 is 1.16 bits per heavy atom. The van der Waals surface area contributed by atoms with Crippen LogP contribution in [0, 0.1) is 0 Å². The molecule has 0 radical (unpaired) electrons. The van der Waals surface area contributed by atoms with Crippen LogP contribution in [-0.4, -0.2) is 15.9 Å². The second-order valence-corrected chi connectivity index (χ2v) is 7.10. The van der Waals surface area contributed by atoms with Crippen LogP contribution in [0.3, 0.4) is 0 Å².